The van der Waals surface area contributed by atoms with Crippen LogP contribution in [0.4, 0.5) is 0 Å². The molecule has 4 heteroatoms. The zero-order chi connectivity index (χ0) is 11.2. The summed E-state index contributed by atoms with van der Waals surface area (Å²) < 4.78 is 6.57. The third-order valence-corrected chi connectivity index (χ3v) is 2.79. The van der Waals surface area contributed by atoms with Crippen molar-refractivity contribution >= 4 is 38.6 Å². The third-order valence-electron chi connectivity index (χ3n) is 2.05. The van der Waals surface area contributed by atoms with Gasteiger partial charge in [-0.25, -0.2) is 4.98 Å². The summed E-state index contributed by atoms with van der Waals surface area (Å²) in [4.78, 5) is 4.42. The van der Waals surface area contributed by atoms with Crippen LogP contribution >= 0.6 is 27.5 Å². The average Bonchev–Trinajstić information content (AvgIpc) is 2.46. The molecule has 0 fully saturated rings. The zero-order valence-electron chi connectivity index (χ0n) is 8.77. The third kappa shape index (κ3) is 2.04. The van der Waals surface area contributed by atoms with Gasteiger partial charge in [-0.15, -0.1) is 0 Å². The fraction of sp³-hybridized carbons (Fsp3) is 0.364. The Balaban J connectivity index is 2.71. The van der Waals surface area contributed by atoms with E-state index in [0.29, 0.717) is 16.5 Å². The maximum atomic E-state index is 6.06. The van der Waals surface area contributed by atoms with Crippen LogP contribution in [0.25, 0.3) is 11.1 Å². The Labute approximate surface area is 102 Å². The molecule has 0 saturated heterocycles. The molecule has 0 spiro atoms. The zero-order valence-corrected chi connectivity index (χ0v) is 11.1. The van der Waals surface area contributed by atoms with Crippen molar-refractivity contribution in [2.24, 2.45) is 0 Å². The van der Waals surface area contributed by atoms with Gasteiger partial charge in [-0.1, -0.05) is 48.3 Å². The Morgan fingerprint density at radius 3 is 2.60 bits per heavy atom. The predicted octanol–water partition coefficient (Wildman–Crippen LogP) is 4.54. The van der Waals surface area contributed by atoms with Gasteiger partial charge >= 0.3 is 0 Å². The van der Waals surface area contributed by atoms with E-state index < -0.39 is 0 Å². The number of rotatable bonds is 0. The molecule has 0 radical (unpaired) electrons. The van der Waals surface area contributed by atoms with Gasteiger partial charge in [0.2, 0.25) is 5.89 Å². The van der Waals surface area contributed by atoms with Crippen molar-refractivity contribution in [1.82, 2.24) is 4.98 Å². The van der Waals surface area contributed by atoms with Gasteiger partial charge in [-0.2, -0.15) is 0 Å². The van der Waals surface area contributed by atoms with E-state index in [1.165, 1.54) is 0 Å². The highest BCUT2D eigenvalue weighted by atomic mass is 79.9. The van der Waals surface area contributed by atoms with Crippen molar-refractivity contribution in [2.75, 3.05) is 0 Å². The molecule has 0 saturated carbocycles. The summed E-state index contributed by atoms with van der Waals surface area (Å²) in [5.41, 5.74) is 1.35. The van der Waals surface area contributed by atoms with Crippen LogP contribution in [0.15, 0.2) is 21.0 Å². The van der Waals surface area contributed by atoms with Gasteiger partial charge in [0.25, 0.3) is 0 Å². The lowest BCUT2D eigenvalue weighted by molar-refractivity contribution is 0.411. The molecule has 0 aliphatic rings. The van der Waals surface area contributed by atoms with E-state index in [-0.39, 0.29) is 5.41 Å². The van der Waals surface area contributed by atoms with Gasteiger partial charge in [0.1, 0.15) is 5.52 Å². The molecule has 0 unspecified atom stereocenters. The second-order valence-corrected chi connectivity index (χ2v) is 5.83. The quantitative estimate of drug-likeness (QED) is 0.711. The standard InChI is InChI=1S/C11H11BrClNO/c1-11(2,3)10-14-8-5-6(12)4-7(13)9(8)15-10/h4-5H,1-3H3. The summed E-state index contributed by atoms with van der Waals surface area (Å²) in [5, 5.41) is 0.586. The van der Waals surface area contributed by atoms with Crippen molar-refractivity contribution in [3.8, 4) is 0 Å². The average molecular weight is 289 g/mol. The lowest BCUT2D eigenvalue weighted by Gasteiger charge is -2.11. The molecular formula is C11H11BrClNO. The van der Waals surface area contributed by atoms with Crippen molar-refractivity contribution in [1.29, 1.82) is 0 Å². The van der Waals surface area contributed by atoms with Crippen molar-refractivity contribution in [3.63, 3.8) is 0 Å². The van der Waals surface area contributed by atoms with E-state index in [0.717, 1.165) is 9.99 Å². The number of oxazole rings is 1. The van der Waals surface area contributed by atoms with Gasteiger partial charge < -0.3 is 4.42 Å². The van der Waals surface area contributed by atoms with Crippen molar-refractivity contribution < 1.29 is 4.42 Å². The first-order valence-electron chi connectivity index (χ1n) is 4.64. The van der Waals surface area contributed by atoms with Gasteiger partial charge in [-0.3, -0.25) is 0 Å². The highest BCUT2D eigenvalue weighted by Gasteiger charge is 2.21. The highest BCUT2D eigenvalue weighted by molar-refractivity contribution is 9.10. The van der Waals surface area contributed by atoms with Gasteiger partial charge in [-0.05, 0) is 12.1 Å². The topological polar surface area (TPSA) is 26.0 Å². The number of aromatic nitrogens is 1. The molecule has 0 N–H and O–H groups in total. The predicted molar refractivity (Wildman–Crippen MR) is 65.4 cm³/mol. The Bertz CT molecular complexity index is 513. The Kier molecular flexibility index (Phi) is 2.55. The van der Waals surface area contributed by atoms with Crippen LogP contribution in [0.5, 0.6) is 0 Å². The lowest BCUT2D eigenvalue weighted by Crippen LogP contribution is -2.10. The van der Waals surface area contributed by atoms with Crippen LogP contribution < -0.4 is 0 Å². The van der Waals surface area contributed by atoms with Crippen LogP contribution in [0.2, 0.25) is 5.02 Å². The number of fused-ring (bicyclic) bond motifs is 1. The molecule has 15 heavy (non-hydrogen) atoms. The first-order chi connectivity index (χ1) is 6.88. The van der Waals surface area contributed by atoms with E-state index in [9.17, 15) is 0 Å². The molecule has 0 atom stereocenters. The minimum atomic E-state index is -0.102. The monoisotopic (exact) mass is 287 g/mol. The van der Waals surface area contributed by atoms with Gasteiger partial charge in [0.15, 0.2) is 5.58 Å². The summed E-state index contributed by atoms with van der Waals surface area (Å²) in [5.74, 6) is 0.706. The number of hydrogen-bond acceptors (Lipinski definition) is 2. The summed E-state index contributed by atoms with van der Waals surface area (Å²) in [6, 6.07) is 3.71. The first-order valence-corrected chi connectivity index (χ1v) is 5.81. The Morgan fingerprint density at radius 1 is 1.33 bits per heavy atom. The second kappa shape index (κ2) is 3.49. The van der Waals surface area contributed by atoms with Crippen molar-refractivity contribution in [3.05, 3.63) is 27.5 Å². The van der Waals surface area contributed by atoms with E-state index in [2.05, 4.69) is 41.7 Å². The number of halogens is 2. The minimum Gasteiger partial charge on any atom is -0.439 e. The summed E-state index contributed by atoms with van der Waals surface area (Å²) in [7, 11) is 0. The SMILES string of the molecule is CC(C)(C)c1nc2cc(Br)cc(Cl)c2o1. The highest BCUT2D eigenvalue weighted by Crippen LogP contribution is 2.32. The molecule has 1 aromatic heterocycles. The van der Waals surface area contributed by atoms with Crippen LogP contribution in [-0.2, 0) is 5.41 Å². The van der Waals surface area contributed by atoms with Crippen LogP contribution in [0, 0.1) is 0 Å². The molecule has 0 aliphatic carbocycles. The van der Waals surface area contributed by atoms with E-state index in [1.807, 2.05) is 12.1 Å². The van der Waals surface area contributed by atoms with Crippen LogP contribution in [-0.4, -0.2) is 4.98 Å². The molecule has 0 bridgehead atoms. The fourth-order valence-electron chi connectivity index (χ4n) is 1.28. The van der Waals surface area contributed by atoms with Crippen molar-refractivity contribution in [2.45, 2.75) is 26.2 Å². The molecular weight excluding hydrogens is 277 g/mol. The molecule has 1 aromatic carbocycles. The molecule has 2 aromatic rings. The van der Waals surface area contributed by atoms with Crippen LogP contribution in [0.3, 0.4) is 0 Å². The Hall–Kier alpha value is -0.540. The molecule has 0 amide bonds. The normalized spacial score (nSPS) is 12.3. The molecule has 2 rings (SSSR count). The number of benzene rings is 1. The van der Waals surface area contributed by atoms with E-state index in [4.69, 9.17) is 16.0 Å². The maximum absolute atomic E-state index is 6.06. The molecule has 1 heterocycles. The number of nitrogens with zero attached hydrogens (tertiary/aromatic N) is 1. The fourth-order valence-corrected chi connectivity index (χ4v) is 2.11. The van der Waals surface area contributed by atoms with Crippen LogP contribution in [0.1, 0.15) is 26.7 Å². The lowest BCUT2D eigenvalue weighted by atomic mass is 9.97. The second-order valence-electron chi connectivity index (χ2n) is 4.50. The number of hydrogen-bond donors (Lipinski definition) is 0. The van der Waals surface area contributed by atoms with Gasteiger partial charge in [0, 0.05) is 9.89 Å². The van der Waals surface area contributed by atoms with E-state index in [1.54, 1.807) is 0 Å². The first kappa shape index (κ1) is 11.0. The largest absolute Gasteiger partial charge is 0.439 e. The summed E-state index contributed by atoms with van der Waals surface area (Å²) >= 11 is 9.44. The molecule has 2 nitrogen and oxygen atoms in total. The molecule has 80 valence electrons. The Morgan fingerprint density at radius 2 is 2.00 bits per heavy atom. The van der Waals surface area contributed by atoms with Gasteiger partial charge in [0.05, 0.1) is 5.02 Å². The van der Waals surface area contributed by atoms with E-state index >= 15 is 0 Å². The summed E-state index contributed by atoms with van der Waals surface area (Å²) in [6.45, 7) is 6.17. The minimum absolute atomic E-state index is 0.102. The summed E-state index contributed by atoms with van der Waals surface area (Å²) in [6.07, 6.45) is 0. The smallest absolute Gasteiger partial charge is 0.200 e. The molecule has 0 aliphatic heterocycles. The maximum Gasteiger partial charge on any atom is 0.200 e.